The van der Waals surface area contributed by atoms with Crippen molar-refractivity contribution in [3.63, 3.8) is 0 Å². The van der Waals surface area contributed by atoms with Crippen LogP contribution in [0.4, 0.5) is 0 Å². The molecule has 2 saturated carbocycles. The van der Waals surface area contributed by atoms with Crippen LogP contribution in [0.15, 0.2) is 12.2 Å². The Morgan fingerprint density at radius 2 is 1.73 bits per heavy atom. The molecule has 0 heteroatoms. The summed E-state index contributed by atoms with van der Waals surface area (Å²) in [4.78, 5) is 0. The maximum absolute atomic E-state index is 2.51. The molecule has 0 radical (unpaired) electrons. The van der Waals surface area contributed by atoms with Crippen molar-refractivity contribution < 1.29 is 0 Å². The fourth-order valence-corrected chi connectivity index (χ4v) is 3.72. The Labute approximate surface area is 68.7 Å². The molecular weight excluding hydrogens is 132 g/mol. The van der Waals surface area contributed by atoms with Gasteiger partial charge in [-0.15, -0.1) is 0 Å². The van der Waals surface area contributed by atoms with Crippen LogP contribution in [0.25, 0.3) is 0 Å². The van der Waals surface area contributed by atoms with Crippen molar-refractivity contribution in [1.29, 1.82) is 0 Å². The Hall–Kier alpha value is -0.260. The summed E-state index contributed by atoms with van der Waals surface area (Å²) in [5.41, 5.74) is 0. The van der Waals surface area contributed by atoms with E-state index in [1.807, 2.05) is 0 Å². The number of hydrogen-bond donors (Lipinski definition) is 0. The fourth-order valence-electron chi connectivity index (χ4n) is 3.72. The normalized spacial score (nSPS) is 53.1. The molecule has 0 unspecified atom stereocenters. The molecule has 0 N–H and O–H groups in total. The van der Waals surface area contributed by atoms with Gasteiger partial charge in [-0.1, -0.05) is 18.6 Å². The van der Waals surface area contributed by atoms with E-state index in [9.17, 15) is 0 Å². The number of hydrogen-bond acceptors (Lipinski definition) is 0. The van der Waals surface area contributed by atoms with Gasteiger partial charge in [-0.25, -0.2) is 0 Å². The molecule has 60 valence electrons. The lowest BCUT2D eigenvalue weighted by Crippen LogP contribution is -2.43. The van der Waals surface area contributed by atoms with Gasteiger partial charge in [0.25, 0.3) is 0 Å². The first-order valence-corrected chi connectivity index (χ1v) is 5.13. The van der Waals surface area contributed by atoms with Crippen LogP contribution in [-0.2, 0) is 0 Å². The van der Waals surface area contributed by atoms with Crippen molar-refractivity contribution in [1.82, 2.24) is 0 Å². The molecule has 3 aliphatic rings. The van der Waals surface area contributed by atoms with Gasteiger partial charge >= 0.3 is 0 Å². The second kappa shape index (κ2) is 2.12. The van der Waals surface area contributed by atoms with E-state index in [-0.39, 0.29) is 0 Å². The Morgan fingerprint density at radius 1 is 0.909 bits per heavy atom. The van der Waals surface area contributed by atoms with Gasteiger partial charge in [-0.3, -0.25) is 0 Å². The predicted octanol–water partition coefficient (Wildman–Crippen LogP) is 3.00. The van der Waals surface area contributed by atoms with Gasteiger partial charge in [0.2, 0.25) is 0 Å². The Balaban J connectivity index is 1.85. The van der Waals surface area contributed by atoms with Crippen molar-refractivity contribution in [2.24, 2.45) is 23.7 Å². The highest BCUT2D eigenvalue weighted by Gasteiger charge is 2.50. The molecule has 3 aliphatic carbocycles. The van der Waals surface area contributed by atoms with Crippen LogP contribution in [0.2, 0.25) is 0 Å². The molecule has 0 aliphatic heterocycles. The molecule has 0 spiro atoms. The molecule has 0 aromatic heterocycles. The number of rotatable bonds is 0. The Morgan fingerprint density at radius 3 is 2.73 bits per heavy atom. The molecule has 2 fully saturated rings. The van der Waals surface area contributed by atoms with Gasteiger partial charge in [0.1, 0.15) is 0 Å². The van der Waals surface area contributed by atoms with Gasteiger partial charge in [0, 0.05) is 0 Å². The highest BCUT2D eigenvalue weighted by molar-refractivity contribution is 5.11. The van der Waals surface area contributed by atoms with Crippen LogP contribution in [0, 0.1) is 23.7 Å². The summed E-state index contributed by atoms with van der Waals surface area (Å²) in [6.45, 7) is 0. The predicted molar refractivity (Wildman–Crippen MR) is 46.2 cm³/mol. The summed E-state index contributed by atoms with van der Waals surface area (Å²) < 4.78 is 0. The zero-order valence-electron chi connectivity index (χ0n) is 7.00. The summed E-state index contributed by atoms with van der Waals surface area (Å²) in [5.74, 6) is 4.42. The van der Waals surface area contributed by atoms with Crippen LogP contribution >= 0.6 is 0 Å². The van der Waals surface area contributed by atoms with E-state index < -0.39 is 0 Å². The van der Waals surface area contributed by atoms with Crippen LogP contribution in [0.5, 0.6) is 0 Å². The zero-order chi connectivity index (χ0) is 7.26. The van der Waals surface area contributed by atoms with Crippen molar-refractivity contribution in [2.75, 3.05) is 0 Å². The second-order valence-corrected chi connectivity index (χ2v) is 4.51. The molecule has 0 amide bonds. The van der Waals surface area contributed by atoms with Crippen LogP contribution in [0.1, 0.15) is 32.1 Å². The maximum Gasteiger partial charge on any atom is -0.0171 e. The van der Waals surface area contributed by atoms with E-state index in [0.29, 0.717) is 0 Å². The van der Waals surface area contributed by atoms with Crippen LogP contribution in [0.3, 0.4) is 0 Å². The van der Waals surface area contributed by atoms with Crippen molar-refractivity contribution >= 4 is 0 Å². The average Bonchev–Trinajstić information content (AvgIpc) is 2.44. The fraction of sp³-hybridized carbons (Fsp3) is 0.818. The molecule has 11 heavy (non-hydrogen) atoms. The molecule has 3 rings (SSSR count). The highest BCUT2D eigenvalue weighted by Crippen LogP contribution is 2.58. The lowest BCUT2D eigenvalue weighted by atomic mass is 9.55. The SMILES string of the molecule is C1=C[C@@H]2[C@H](CC1)[C@H]1CCC[C@@H]21. The summed E-state index contributed by atoms with van der Waals surface area (Å²) in [6, 6.07) is 0. The molecule has 0 saturated heterocycles. The monoisotopic (exact) mass is 148 g/mol. The second-order valence-electron chi connectivity index (χ2n) is 4.51. The van der Waals surface area contributed by atoms with Crippen LogP contribution < -0.4 is 0 Å². The van der Waals surface area contributed by atoms with Gasteiger partial charge in [-0.05, 0) is 49.4 Å². The lowest BCUT2D eigenvalue weighted by molar-refractivity contribution is 0.0252. The minimum absolute atomic E-state index is 1.02. The minimum Gasteiger partial charge on any atom is -0.0882 e. The first-order valence-electron chi connectivity index (χ1n) is 5.13. The third-order valence-corrected chi connectivity index (χ3v) is 4.19. The van der Waals surface area contributed by atoms with E-state index in [0.717, 1.165) is 23.7 Å². The zero-order valence-corrected chi connectivity index (χ0v) is 7.00. The third-order valence-electron chi connectivity index (χ3n) is 4.19. The first kappa shape index (κ1) is 6.28. The summed E-state index contributed by atoms with van der Waals surface area (Å²) in [7, 11) is 0. The molecular formula is C11H16. The highest BCUT2D eigenvalue weighted by atomic mass is 14.5. The summed E-state index contributed by atoms with van der Waals surface area (Å²) in [6.07, 6.45) is 12.4. The van der Waals surface area contributed by atoms with Gasteiger partial charge in [0.05, 0.1) is 0 Å². The van der Waals surface area contributed by atoms with E-state index >= 15 is 0 Å². The van der Waals surface area contributed by atoms with Crippen molar-refractivity contribution in [2.45, 2.75) is 32.1 Å². The minimum atomic E-state index is 1.02. The van der Waals surface area contributed by atoms with Crippen molar-refractivity contribution in [3.05, 3.63) is 12.2 Å². The molecule has 4 atom stereocenters. The van der Waals surface area contributed by atoms with Gasteiger partial charge in [-0.2, -0.15) is 0 Å². The molecule has 0 bridgehead atoms. The first-order chi connectivity index (χ1) is 5.47. The maximum atomic E-state index is 2.51. The molecule has 0 aromatic carbocycles. The van der Waals surface area contributed by atoms with E-state index in [1.54, 1.807) is 6.42 Å². The lowest BCUT2D eigenvalue weighted by Gasteiger charge is -2.49. The topological polar surface area (TPSA) is 0 Å². The largest absolute Gasteiger partial charge is 0.0882 e. The molecule has 0 nitrogen and oxygen atoms in total. The third kappa shape index (κ3) is 0.706. The summed E-state index contributed by atoms with van der Waals surface area (Å²) >= 11 is 0. The van der Waals surface area contributed by atoms with Gasteiger partial charge in [0.15, 0.2) is 0 Å². The van der Waals surface area contributed by atoms with Crippen molar-refractivity contribution in [3.8, 4) is 0 Å². The van der Waals surface area contributed by atoms with Crippen LogP contribution in [-0.4, -0.2) is 0 Å². The summed E-state index contributed by atoms with van der Waals surface area (Å²) in [5, 5.41) is 0. The van der Waals surface area contributed by atoms with Gasteiger partial charge < -0.3 is 0 Å². The van der Waals surface area contributed by atoms with E-state index in [2.05, 4.69) is 12.2 Å². The molecule has 0 aromatic rings. The Bertz CT molecular complexity index is 192. The van der Waals surface area contributed by atoms with E-state index in [1.165, 1.54) is 25.7 Å². The number of allylic oxidation sites excluding steroid dienone is 2. The smallest absolute Gasteiger partial charge is 0.0171 e. The van der Waals surface area contributed by atoms with E-state index in [4.69, 9.17) is 0 Å². The number of fused-ring (bicyclic) bond motifs is 4. The standard InChI is InChI=1S/C11H16/c1-2-5-9-8(4-1)10-6-3-7-11(9)10/h1,4,8-11H,2-3,5-7H2/t8-,9+,10+,11-/m1/s1. The molecule has 0 heterocycles. The Kier molecular flexibility index (Phi) is 1.21. The average molecular weight is 148 g/mol. The quantitative estimate of drug-likeness (QED) is 0.463.